The van der Waals surface area contributed by atoms with Gasteiger partial charge in [0, 0.05) is 57.4 Å². The minimum atomic E-state index is -0.0120. The van der Waals surface area contributed by atoms with Gasteiger partial charge in [-0.05, 0) is 50.2 Å². The molecule has 2 amide bonds. The lowest BCUT2D eigenvalue weighted by Gasteiger charge is -2.47. The second-order valence-electron chi connectivity index (χ2n) is 7.90. The number of hydrogen-bond acceptors (Lipinski definition) is 4. The molecule has 2 heterocycles. The molecule has 1 spiro atoms. The number of carbonyl (C=O) groups is 2. The molecule has 3 rings (SSSR count). The minimum Gasteiger partial charge on any atom is -0.508 e. The van der Waals surface area contributed by atoms with Crippen molar-refractivity contribution >= 4 is 11.8 Å². The number of ether oxygens (including phenoxy) is 1. The lowest BCUT2D eigenvalue weighted by Crippen LogP contribution is -2.52. The first-order chi connectivity index (χ1) is 13.0. The molecule has 2 fully saturated rings. The topological polar surface area (TPSA) is 70.1 Å². The summed E-state index contributed by atoms with van der Waals surface area (Å²) in [5.74, 6) is 0.388. The van der Waals surface area contributed by atoms with Crippen LogP contribution in [0.1, 0.15) is 48.0 Å². The van der Waals surface area contributed by atoms with Crippen LogP contribution in [0, 0.1) is 12.3 Å². The maximum absolute atomic E-state index is 12.9. The molecule has 0 aromatic heterocycles. The molecule has 6 heteroatoms. The van der Waals surface area contributed by atoms with E-state index in [1.807, 2.05) is 9.80 Å². The van der Waals surface area contributed by atoms with Crippen LogP contribution in [-0.4, -0.2) is 66.6 Å². The number of carbonyl (C=O) groups excluding carboxylic acids is 2. The molecule has 2 saturated heterocycles. The van der Waals surface area contributed by atoms with Crippen molar-refractivity contribution in [2.75, 3.05) is 39.9 Å². The fourth-order valence-electron chi connectivity index (χ4n) is 4.32. The van der Waals surface area contributed by atoms with Crippen molar-refractivity contribution in [2.24, 2.45) is 5.41 Å². The smallest absolute Gasteiger partial charge is 0.254 e. The molecular formula is C21H30N2O4. The van der Waals surface area contributed by atoms with E-state index in [9.17, 15) is 14.7 Å². The molecule has 2 aliphatic rings. The van der Waals surface area contributed by atoms with Crippen LogP contribution >= 0.6 is 0 Å². The van der Waals surface area contributed by atoms with E-state index in [0.717, 1.165) is 38.8 Å². The van der Waals surface area contributed by atoms with Gasteiger partial charge in [-0.3, -0.25) is 9.59 Å². The van der Waals surface area contributed by atoms with Gasteiger partial charge in [0.05, 0.1) is 0 Å². The average molecular weight is 374 g/mol. The van der Waals surface area contributed by atoms with E-state index in [2.05, 4.69) is 0 Å². The van der Waals surface area contributed by atoms with Crippen LogP contribution in [0.3, 0.4) is 0 Å². The highest BCUT2D eigenvalue weighted by Gasteiger charge is 2.41. The molecule has 0 unspecified atom stereocenters. The largest absolute Gasteiger partial charge is 0.508 e. The third-order valence-electron chi connectivity index (χ3n) is 6.17. The Morgan fingerprint density at radius 2 is 2.00 bits per heavy atom. The van der Waals surface area contributed by atoms with Gasteiger partial charge in [-0.25, -0.2) is 0 Å². The molecule has 1 N–H and O–H groups in total. The molecule has 0 radical (unpaired) electrons. The van der Waals surface area contributed by atoms with Crippen LogP contribution in [0.4, 0.5) is 0 Å². The Morgan fingerprint density at radius 1 is 1.26 bits per heavy atom. The van der Waals surface area contributed by atoms with Crippen LogP contribution in [0.25, 0.3) is 0 Å². The van der Waals surface area contributed by atoms with Gasteiger partial charge in [0.25, 0.3) is 5.91 Å². The predicted octanol–water partition coefficient (Wildman–Crippen LogP) is 2.58. The first-order valence-corrected chi connectivity index (χ1v) is 9.80. The number of aromatic hydroxyl groups is 1. The molecule has 2 aliphatic heterocycles. The standard InChI is InChI=1S/C21H30N2O4/c1-16-17(5-3-6-18(16)24)20(26)22-12-9-21(10-13-22)8-7-19(25)23(15-21)11-4-14-27-2/h3,5-6,24H,4,7-15H2,1-2H3. The number of phenolic OH excluding ortho intramolecular Hbond substituents is 1. The summed E-state index contributed by atoms with van der Waals surface area (Å²) in [7, 11) is 1.68. The van der Waals surface area contributed by atoms with E-state index in [1.54, 1.807) is 32.2 Å². The van der Waals surface area contributed by atoms with Crippen LogP contribution in [0.5, 0.6) is 5.75 Å². The SMILES string of the molecule is COCCCN1CC2(CCC1=O)CCN(C(=O)c1cccc(O)c1C)CC2. The zero-order valence-corrected chi connectivity index (χ0v) is 16.4. The van der Waals surface area contributed by atoms with E-state index in [1.165, 1.54) is 0 Å². The highest BCUT2D eigenvalue weighted by Crippen LogP contribution is 2.40. The molecule has 0 aliphatic carbocycles. The van der Waals surface area contributed by atoms with Crippen LogP contribution in [-0.2, 0) is 9.53 Å². The van der Waals surface area contributed by atoms with E-state index in [-0.39, 0.29) is 23.0 Å². The molecule has 0 bridgehead atoms. The number of benzene rings is 1. The molecule has 0 saturated carbocycles. The summed E-state index contributed by atoms with van der Waals surface area (Å²) in [6.45, 7) is 5.39. The molecule has 148 valence electrons. The quantitative estimate of drug-likeness (QED) is 0.804. The molecule has 6 nitrogen and oxygen atoms in total. The Bertz CT molecular complexity index is 695. The Labute approximate surface area is 161 Å². The van der Waals surface area contributed by atoms with Crippen molar-refractivity contribution < 1.29 is 19.4 Å². The normalized spacial score (nSPS) is 19.6. The minimum absolute atomic E-state index is 0.0120. The van der Waals surface area contributed by atoms with Gasteiger partial charge in [0.15, 0.2) is 0 Å². The summed E-state index contributed by atoms with van der Waals surface area (Å²) in [5.41, 5.74) is 1.34. The number of amides is 2. The molecule has 1 aromatic rings. The van der Waals surface area contributed by atoms with E-state index < -0.39 is 0 Å². The van der Waals surface area contributed by atoms with Crippen LogP contribution in [0.15, 0.2) is 18.2 Å². The first-order valence-electron chi connectivity index (χ1n) is 9.80. The van der Waals surface area contributed by atoms with Crippen LogP contribution < -0.4 is 0 Å². The third kappa shape index (κ3) is 4.26. The molecule has 1 aromatic carbocycles. The van der Waals surface area contributed by atoms with Gasteiger partial charge in [0.2, 0.25) is 5.91 Å². The zero-order chi connectivity index (χ0) is 19.4. The van der Waals surface area contributed by atoms with Crippen molar-refractivity contribution in [3.05, 3.63) is 29.3 Å². The Morgan fingerprint density at radius 3 is 2.70 bits per heavy atom. The summed E-state index contributed by atoms with van der Waals surface area (Å²) in [4.78, 5) is 29.0. The lowest BCUT2D eigenvalue weighted by atomic mass is 9.72. The summed E-state index contributed by atoms with van der Waals surface area (Å²) in [5, 5.41) is 9.87. The maximum atomic E-state index is 12.9. The van der Waals surface area contributed by atoms with Gasteiger partial charge < -0.3 is 19.6 Å². The number of likely N-dealkylation sites (tertiary alicyclic amines) is 2. The fraction of sp³-hybridized carbons (Fsp3) is 0.619. The second kappa shape index (κ2) is 8.30. The monoisotopic (exact) mass is 374 g/mol. The summed E-state index contributed by atoms with van der Waals surface area (Å²) in [6, 6.07) is 5.10. The van der Waals surface area contributed by atoms with Gasteiger partial charge in [-0.1, -0.05) is 6.07 Å². The number of piperidine rings is 2. The zero-order valence-electron chi connectivity index (χ0n) is 16.4. The van der Waals surface area contributed by atoms with Crippen molar-refractivity contribution in [1.82, 2.24) is 9.80 Å². The van der Waals surface area contributed by atoms with Gasteiger partial charge in [-0.15, -0.1) is 0 Å². The average Bonchev–Trinajstić information content (AvgIpc) is 2.67. The van der Waals surface area contributed by atoms with Gasteiger partial charge in [0.1, 0.15) is 5.75 Å². The number of phenols is 1. The Hall–Kier alpha value is -2.08. The molecule has 0 atom stereocenters. The van der Waals surface area contributed by atoms with E-state index in [4.69, 9.17) is 4.74 Å². The van der Waals surface area contributed by atoms with Crippen LogP contribution in [0.2, 0.25) is 0 Å². The molecular weight excluding hydrogens is 344 g/mol. The van der Waals surface area contributed by atoms with Gasteiger partial charge in [-0.2, -0.15) is 0 Å². The second-order valence-corrected chi connectivity index (χ2v) is 7.90. The van der Waals surface area contributed by atoms with Crippen molar-refractivity contribution in [3.63, 3.8) is 0 Å². The summed E-state index contributed by atoms with van der Waals surface area (Å²) >= 11 is 0. The summed E-state index contributed by atoms with van der Waals surface area (Å²) in [6.07, 6.45) is 4.22. The molecule has 27 heavy (non-hydrogen) atoms. The van der Waals surface area contributed by atoms with E-state index >= 15 is 0 Å². The summed E-state index contributed by atoms with van der Waals surface area (Å²) < 4.78 is 5.11. The van der Waals surface area contributed by atoms with E-state index in [0.29, 0.717) is 37.2 Å². The highest BCUT2D eigenvalue weighted by molar-refractivity contribution is 5.96. The van der Waals surface area contributed by atoms with Crippen molar-refractivity contribution in [3.8, 4) is 5.75 Å². The highest BCUT2D eigenvalue weighted by atomic mass is 16.5. The number of nitrogens with zero attached hydrogens (tertiary/aromatic N) is 2. The number of methoxy groups -OCH3 is 1. The van der Waals surface area contributed by atoms with Gasteiger partial charge >= 0.3 is 0 Å². The van der Waals surface area contributed by atoms with Crippen molar-refractivity contribution in [1.29, 1.82) is 0 Å². The lowest BCUT2D eigenvalue weighted by molar-refractivity contribution is -0.139. The third-order valence-corrected chi connectivity index (χ3v) is 6.17. The Kier molecular flexibility index (Phi) is 6.05. The first kappa shape index (κ1) is 19.7. The van der Waals surface area contributed by atoms with Crippen molar-refractivity contribution in [2.45, 2.75) is 39.0 Å². The number of rotatable bonds is 5. The maximum Gasteiger partial charge on any atom is 0.254 e. The predicted molar refractivity (Wildman–Crippen MR) is 103 cm³/mol. The fourth-order valence-corrected chi connectivity index (χ4v) is 4.32. The Balaban J connectivity index is 1.61. The number of hydrogen-bond donors (Lipinski definition) is 1.